The van der Waals surface area contributed by atoms with Crippen molar-refractivity contribution >= 4 is 0 Å². The van der Waals surface area contributed by atoms with Crippen LogP contribution in [-0.2, 0) is 0 Å². The molecule has 70 valence electrons. The van der Waals surface area contributed by atoms with E-state index in [9.17, 15) is 0 Å². The van der Waals surface area contributed by atoms with Crippen LogP contribution in [0, 0.1) is 11.3 Å². The minimum atomic E-state index is 0.213. The first-order valence-corrected chi connectivity index (χ1v) is 4.30. The fourth-order valence-corrected chi connectivity index (χ4v) is 0.812. The fourth-order valence-electron chi connectivity index (χ4n) is 0.812. The third kappa shape index (κ3) is 5.89. The van der Waals surface area contributed by atoms with Gasteiger partial charge in [-0.25, -0.2) is 0 Å². The zero-order valence-corrected chi connectivity index (χ0v) is 8.09. The molecule has 13 heavy (non-hydrogen) atoms. The Labute approximate surface area is 80.3 Å². The second kappa shape index (κ2) is 7.33. The van der Waals surface area contributed by atoms with Crippen molar-refractivity contribution in [2.24, 2.45) is 0 Å². The van der Waals surface area contributed by atoms with E-state index in [-0.39, 0.29) is 6.04 Å². The van der Waals surface area contributed by atoms with Crippen molar-refractivity contribution in [3.63, 3.8) is 0 Å². The van der Waals surface area contributed by atoms with Gasteiger partial charge in [-0.2, -0.15) is 5.26 Å². The Morgan fingerprint density at radius 2 is 2.38 bits per heavy atom. The SMILES string of the molecule is C=C/C=C\C(=C)C(C)NCCC#N. The Hall–Kier alpha value is -1.33. The minimum absolute atomic E-state index is 0.213. The summed E-state index contributed by atoms with van der Waals surface area (Å²) in [5.74, 6) is 0. The third-order valence-electron chi connectivity index (χ3n) is 1.69. The van der Waals surface area contributed by atoms with Crippen LogP contribution in [0.25, 0.3) is 0 Å². The maximum absolute atomic E-state index is 8.32. The van der Waals surface area contributed by atoms with E-state index >= 15 is 0 Å². The van der Waals surface area contributed by atoms with Crippen LogP contribution in [0.15, 0.2) is 37.0 Å². The van der Waals surface area contributed by atoms with E-state index in [0.29, 0.717) is 13.0 Å². The summed E-state index contributed by atoms with van der Waals surface area (Å²) in [5.41, 5.74) is 0.998. The molecule has 0 aromatic carbocycles. The molecule has 1 N–H and O–H groups in total. The van der Waals surface area contributed by atoms with Crippen LogP contribution >= 0.6 is 0 Å². The van der Waals surface area contributed by atoms with E-state index in [1.54, 1.807) is 6.08 Å². The normalized spacial score (nSPS) is 12.3. The quantitative estimate of drug-likeness (QED) is 0.497. The van der Waals surface area contributed by atoms with Gasteiger partial charge >= 0.3 is 0 Å². The van der Waals surface area contributed by atoms with Gasteiger partial charge in [0.05, 0.1) is 6.07 Å². The van der Waals surface area contributed by atoms with Gasteiger partial charge in [0.2, 0.25) is 0 Å². The Balaban J connectivity index is 3.76. The van der Waals surface area contributed by atoms with Gasteiger partial charge in [-0.05, 0) is 12.5 Å². The second-order valence-corrected chi connectivity index (χ2v) is 2.75. The lowest BCUT2D eigenvalue weighted by Gasteiger charge is -2.12. The summed E-state index contributed by atoms with van der Waals surface area (Å²) < 4.78 is 0. The number of nitrogens with one attached hydrogen (secondary N) is 1. The maximum Gasteiger partial charge on any atom is 0.0635 e. The first-order valence-electron chi connectivity index (χ1n) is 4.30. The molecule has 1 unspecified atom stereocenters. The third-order valence-corrected chi connectivity index (χ3v) is 1.69. The van der Waals surface area contributed by atoms with Crippen molar-refractivity contribution in [3.8, 4) is 6.07 Å². The Bertz CT molecular complexity index is 233. The molecule has 0 aliphatic rings. The van der Waals surface area contributed by atoms with Crippen LogP contribution in [0.2, 0.25) is 0 Å². The topological polar surface area (TPSA) is 35.8 Å². The summed E-state index contributed by atoms with van der Waals surface area (Å²) in [5, 5.41) is 11.5. The molecule has 1 atom stereocenters. The van der Waals surface area contributed by atoms with Gasteiger partial charge in [0.15, 0.2) is 0 Å². The lowest BCUT2D eigenvalue weighted by atomic mass is 10.1. The summed E-state index contributed by atoms with van der Waals surface area (Å²) in [6.45, 7) is 10.2. The molecule has 0 aromatic heterocycles. The summed E-state index contributed by atoms with van der Waals surface area (Å²) in [6.07, 6.45) is 6.01. The number of rotatable bonds is 6. The van der Waals surface area contributed by atoms with Crippen molar-refractivity contribution in [1.82, 2.24) is 5.32 Å². The van der Waals surface area contributed by atoms with Gasteiger partial charge in [0.1, 0.15) is 0 Å². The summed E-state index contributed by atoms with van der Waals surface area (Å²) >= 11 is 0. The van der Waals surface area contributed by atoms with Gasteiger partial charge < -0.3 is 5.32 Å². The maximum atomic E-state index is 8.32. The van der Waals surface area contributed by atoms with Crippen molar-refractivity contribution in [2.75, 3.05) is 6.54 Å². The second-order valence-electron chi connectivity index (χ2n) is 2.75. The highest BCUT2D eigenvalue weighted by molar-refractivity contribution is 5.22. The van der Waals surface area contributed by atoms with E-state index in [1.807, 2.05) is 19.1 Å². The first kappa shape index (κ1) is 11.7. The molecule has 0 amide bonds. The first-order chi connectivity index (χ1) is 6.22. The predicted molar refractivity (Wildman–Crippen MR) is 56.2 cm³/mol. The molecular formula is C11H16N2. The Morgan fingerprint density at radius 1 is 1.69 bits per heavy atom. The fraction of sp³-hybridized carbons (Fsp3) is 0.364. The van der Waals surface area contributed by atoms with Crippen LogP contribution < -0.4 is 5.32 Å². The molecule has 0 heterocycles. The highest BCUT2D eigenvalue weighted by Gasteiger charge is 2.00. The molecule has 0 aliphatic heterocycles. The minimum Gasteiger partial charge on any atom is -0.309 e. The van der Waals surface area contributed by atoms with Crippen LogP contribution in [0.3, 0.4) is 0 Å². The van der Waals surface area contributed by atoms with Crippen molar-refractivity contribution in [2.45, 2.75) is 19.4 Å². The molecule has 0 aliphatic carbocycles. The number of allylic oxidation sites excluding steroid dienone is 2. The zero-order valence-electron chi connectivity index (χ0n) is 8.09. The average molecular weight is 176 g/mol. The van der Waals surface area contributed by atoms with E-state index in [1.165, 1.54) is 0 Å². The summed E-state index contributed by atoms with van der Waals surface area (Å²) in [6, 6.07) is 2.29. The van der Waals surface area contributed by atoms with Crippen LogP contribution in [0.5, 0.6) is 0 Å². The number of hydrogen-bond acceptors (Lipinski definition) is 2. The van der Waals surface area contributed by atoms with Crippen LogP contribution in [-0.4, -0.2) is 12.6 Å². The molecule has 0 saturated heterocycles. The van der Waals surface area contributed by atoms with Gasteiger partial charge in [-0.1, -0.05) is 31.4 Å². The molecule has 0 fully saturated rings. The number of hydrogen-bond donors (Lipinski definition) is 1. The van der Waals surface area contributed by atoms with Gasteiger partial charge in [0.25, 0.3) is 0 Å². The van der Waals surface area contributed by atoms with Crippen molar-refractivity contribution in [1.29, 1.82) is 5.26 Å². The standard InChI is InChI=1S/C11H16N2/c1-4-5-7-10(2)11(3)13-9-6-8-12/h4-5,7,11,13H,1-2,6,9H2,3H3/b7-5-. The Morgan fingerprint density at radius 3 is 2.92 bits per heavy atom. The Kier molecular flexibility index (Phi) is 6.58. The van der Waals surface area contributed by atoms with Crippen LogP contribution in [0.4, 0.5) is 0 Å². The highest BCUT2D eigenvalue weighted by Crippen LogP contribution is 2.00. The van der Waals surface area contributed by atoms with E-state index in [0.717, 1.165) is 5.57 Å². The average Bonchev–Trinajstić information content (AvgIpc) is 2.14. The number of nitriles is 1. The predicted octanol–water partition coefficient (Wildman–Crippen LogP) is 2.18. The molecule has 0 spiro atoms. The molecule has 0 bridgehead atoms. The smallest absolute Gasteiger partial charge is 0.0635 e. The molecule has 2 heteroatoms. The van der Waals surface area contributed by atoms with Crippen molar-refractivity contribution < 1.29 is 0 Å². The summed E-state index contributed by atoms with van der Waals surface area (Å²) in [7, 11) is 0. The van der Waals surface area contributed by atoms with Gasteiger partial charge in [0, 0.05) is 19.0 Å². The lowest BCUT2D eigenvalue weighted by molar-refractivity contribution is 0.626. The molecule has 0 aromatic rings. The van der Waals surface area contributed by atoms with E-state index < -0.39 is 0 Å². The largest absolute Gasteiger partial charge is 0.309 e. The summed E-state index contributed by atoms with van der Waals surface area (Å²) in [4.78, 5) is 0. The van der Waals surface area contributed by atoms with E-state index in [4.69, 9.17) is 5.26 Å². The monoisotopic (exact) mass is 176 g/mol. The highest BCUT2D eigenvalue weighted by atomic mass is 14.9. The molecule has 0 rings (SSSR count). The lowest BCUT2D eigenvalue weighted by Crippen LogP contribution is -2.27. The molecular weight excluding hydrogens is 160 g/mol. The molecule has 2 nitrogen and oxygen atoms in total. The molecule has 0 radical (unpaired) electrons. The van der Waals surface area contributed by atoms with Gasteiger partial charge in [-0.15, -0.1) is 0 Å². The number of nitrogens with zero attached hydrogens (tertiary/aromatic N) is 1. The molecule has 0 saturated carbocycles. The van der Waals surface area contributed by atoms with Crippen molar-refractivity contribution in [3.05, 3.63) is 37.0 Å². The van der Waals surface area contributed by atoms with E-state index in [2.05, 4.69) is 24.5 Å². The van der Waals surface area contributed by atoms with Gasteiger partial charge in [-0.3, -0.25) is 0 Å². The van der Waals surface area contributed by atoms with Crippen LogP contribution in [0.1, 0.15) is 13.3 Å². The zero-order chi connectivity index (χ0) is 10.1.